The number of carboxylic acids is 1. The molecule has 0 unspecified atom stereocenters. The Bertz CT molecular complexity index is 335. The van der Waals surface area contributed by atoms with E-state index in [1.807, 2.05) is 36.9 Å². The molecule has 0 saturated carbocycles. The minimum atomic E-state index is -0.751. The highest BCUT2D eigenvalue weighted by molar-refractivity contribution is 5.69. The molecule has 0 atom stereocenters. The molecule has 1 aromatic carbocycles. The van der Waals surface area contributed by atoms with Crippen LogP contribution in [0, 0.1) is 0 Å². The maximum Gasteiger partial charge on any atom is 0.317 e. The van der Waals surface area contributed by atoms with Crippen LogP contribution >= 0.6 is 0 Å². The molecule has 0 radical (unpaired) electrons. The van der Waals surface area contributed by atoms with E-state index >= 15 is 0 Å². The lowest BCUT2D eigenvalue weighted by Crippen LogP contribution is -2.36. The zero-order valence-electron chi connectivity index (χ0n) is 10.6. The first-order valence-electron chi connectivity index (χ1n) is 6.09. The van der Waals surface area contributed by atoms with Crippen molar-refractivity contribution in [2.75, 3.05) is 13.1 Å². The molecule has 3 nitrogen and oxygen atoms in total. The summed E-state index contributed by atoms with van der Waals surface area (Å²) in [6, 6.07) is 10.6. The van der Waals surface area contributed by atoms with E-state index < -0.39 is 5.97 Å². The Labute approximate surface area is 103 Å². The van der Waals surface area contributed by atoms with Gasteiger partial charge in [-0.2, -0.15) is 0 Å². The summed E-state index contributed by atoms with van der Waals surface area (Å²) in [5, 5.41) is 8.81. The second-order valence-electron chi connectivity index (χ2n) is 4.55. The van der Waals surface area contributed by atoms with Gasteiger partial charge in [0.25, 0.3) is 0 Å². The van der Waals surface area contributed by atoms with Crippen molar-refractivity contribution >= 4 is 5.97 Å². The summed E-state index contributed by atoms with van der Waals surface area (Å²) in [6.45, 7) is 5.03. The minimum absolute atomic E-state index is 0.131. The Hall–Kier alpha value is -1.35. The number of nitrogens with zero attached hydrogens (tertiary/aromatic N) is 1. The van der Waals surface area contributed by atoms with Gasteiger partial charge in [-0.05, 0) is 38.8 Å². The molecule has 0 spiro atoms. The lowest BCUT2D eigenvalue weighted by molar-refractivity contribution is -0.138. The van der Waals surface area contributed by atoms with Crippen molar-refractivity contribution in [3.05, 3.63) is 35.9 Å². The molecule has 0 saturated heterocycles. The smallest absolute Gasteiger partial charge is 0.317 e. The molecule has 1 N–H and O–H groups in total. The zero-order valence-corrected chi connectivity index (χ0v) is 10.6. The Morgan fingerprint density at radius 3 is 2.47 bits per heavy atom. The number of carbonyl (C=O) groups is 1. The summed E-state index contributed by atoms with van der Waals surface area (Å²) < 4.78 is 0. The number of carboxylic acid groups (broad SMARTS) is 1. The standard InChI is InChI=1S/C14H21NO2/c1-12(2)15(11-14(16)17)10-6-9-13-7-4-3-5-8-13/h3-5,7-8,12H,6,9-11H2,1-2H3,(H,16,17). The average molecular weight is 235 g/mol. The molecule has 1 aromatic rings. The molecule has 0 amide bonds. The molecule has 17 heavy (non-hydrogen) atoms. The average Bonchev–Trinajstić information content (AvgIpc) is 2.28. The molecule has 0 heterocycles. The van der Waals surface area contributed by atoms with Crippen LogP contribution in [0.4, 0.5) is 0 Å². The zero-order chi connectivity index (χ0) is 12.7. The quantitative estimate of drug-likeness (QED) is 0.789. The van der Waals surface area contributed by atoms with Gasteiger partial charge >= 0.3 is 5.97 Å². The van der Waals surface area contributed by atoms with E-state index in [1.165, 1.54) is 5.56 Å². The fourth-order valence-electron chi connectivity index (χ4n) is 1.82. The van der Waals surface area contributed by atoms with Crippen LogP contribution in [0.5, 0.6) is 0 Å². The van der Waals surface area contributed by atoms with Crippen LogP contribution in [-0.4, -0.2) is 35.1 Å². The topological polar surface area (TPSA) is 40.5 Å². The van der Waals surface area contributed by atoms with E-state index in [2.05, 4.69) is 12.1 Å². The van der Waals surface area contributed by atoms with Gasteiger partial charge < -0.3 is 5.11 Å². The molecule has 0 aromatic heterocycles. The van der Waals surface area contributed by atoms with E-state index in [9.17, 15) is 4.79 Å². The van der Waals surface area contributed by atoms with Crippen LogP contribution in [0.2, 0.25) is 0 Å². The summed E-state index contributed by atoms with van der Waals surface area (Å²) >= 11 is 0. The summed E-state index contributed by atoms with van der Waals surface area (Å²) in [5.74, 6) is -0.751. The summed E-state index contributed by atoms with van der Waals surface area (Å²) in [5.41, 5.74) is 1.31. The first kappa shape index (κ1) is 13.7. The molecule has 0 aliphatic heterocycles. The van der Waals surface area contributed by atoms with E-state index in [0.717, 1.165) is 19.4 Å². The number of rotatable bonds is 7. The molecule has 0 aliphatic rings. The highest BCUT2D eigenvalue weighted by atomic mass is 16.4. The van der Waals surface area contributed by atoms with Crippen LogP contribution in [0.1, 0.15) is 25.8 Å². The van der Waals surface area contributed by atoms with Gasteiger partial charge in [0, 0.05) is 6.04 Å². The Kier molecular flexibility index (Phi) is 5.70. The van der Waals surface area contributed by atoms with Crippen LogP contribution in [0.3, 0.4) is 0 Å². The molecule has 1 rings (SSSR count). The summed E-state index contributed by atoms with van der Waals surface area (Å²) in [6.07, 6.45) is 2.00. The van der Waals surface area contributed by atoms with Crippen molar-refractivity contribution in [2.24, 2.45) is 0 Å². The Morgan fingerprint density at radius 2 is 1.94 bits per heavy atom. The second-order valence-corrected chi connectivity index (χ2v) is 4.55. The number of aryl methyl sites for hydroxylation is 1. The minimum Gasteiger partial charge on any atom is -0.480 e. The van der Waals surface area contributed by atoms with Gasteiger partial charge in [-0.1, -0.05) is 30.3 Å². The van der Waals surface area contributed by atoms with Gasteiger partial charge in [0.2, 0.25) is 0 Å². The van der Waals surface area contributed by atoms with Crippen molar-refractivity contribution in [2.45, 2.75) is 32.7 Å². The third kappa shape index (κ3) is 5.50. The first-order chi connectivity index (χ1) is 8.09. The van der Waals surface area contributed by atoms with Crippen LogP contribution in [-0.2, 0) is 11.2 Å². The van der Waals surface area contributed by atoms with E-state index in [0.29, 0.717) is 0 Å². The van der Waals surface area contributed by atoms with Crippen molar-refractivity contribution in [1.29, 1.82) is 0 Å². The van der Waals surface area contributed by atoms with Gasteiger partial charge in [-0.25, -0.2) is 0 Å². The predicted molar refractivity (Wildman–Crippen MR) is 69.1 cm³/mol. The lowest BCUT2D eigenvalue weighted by Gasteiger charge is -2.24. The first-order valence-corrected chi connectivity index (χ1v) is 6.09. The molecule has 3 heteroatoms. The fourth-order valence-corrected chi connectivity index (χ4v) is 1.82. The van der Waals surface area contributed by atoms with Gasteiger partial charge in [-0.15, -0.1) is 0 Å². The molecule has 0 fully saturated rings. The third-order valence-electron chi connectivity index (χ3n) is 2.82. The number of hydrogen-bond donors (Lipinski definition) is 1. The van der Waals surface area contributed by atoms with E-state index in [1.54, 1.807) is 0 Å². The Morgan fingerprint density at radius 1 is 1.29 bits per heavy atom. The largest absolute Gasteiger partial charge is 0.480 e. The number of benzene rings is 1. The van der Waals surface area contributed by atoms with Crippen molar-refractivity contribution < 1.29 is 9.90 Å². The van der Waals surface area contributed by atoms with Crippen LogP contribution in [0.15, 0.2) is 30.3 Å². The van der Waals surface area contributed by atoms with E-state index in [4.69, 9.17) is 5.11 Å². The molecular formula is C14H21NO2. The predicted octanol–water partition coefficient (Wildman–Crippen LogP) is 2.41. The molecule has 94 valence electrons. The van der Waals surface area contributed by atoms with Gasteiger partial charge in [0.1, 0.15) is 0 Å². The maximum absolute atomic E-state index is 10.7. The third-order valence-corrected chi connectivity index (χ3v) is 2.82. The van der Waals surface area contributed by atoms with Gasteiger partial charge in [-0.3, -0.25) is 9.69 Å². The van der Waals surface area contributed by atoms with Crippen LogP contribution in [0.25, 0.3) is 0 Å². The number of hydrogen-bond acceptors (Lipinski definition) is 2. The molecule has 0 aliphatic carbocycles. The molecule has 0 bridgehead atoms. The van der Waals surface area contributed by atoms with Crippen LogP contribution < -0.4 is 0 Å². The number of aliphatic carboxylic acids is 1. The van der Waals surface area contributed by atoms with Gasteiger partial charge in [0.05, 0.1) is 6.54 Å². The second kappa shape index (κ2) is 7.07. The fraction of sp³-hybridized carbons (Fsp3) is 0.500. The van der Waals surface area contributed by atoms with E-state index in [-0.39, 0.29) is 12.6 Å². The highest BCUT2D eigenvalue weighted by Gasteiger charge is 2.12. The van der Waals surface area contributed by atoms with Crippen molar-refractivity contribution in [3.63, 3.8) is 0 Å². The maximum atomic E-state index is 10.7. The summed E-state index contributed by atoms with van der Waals surface area (Å²) in [4.78, 5) is 12.7. The lowest BCUT2D eigenvalue weighted by atomic mass is 10.1. The monoisotopic (exact) mass is 235 g/mol. The van der Waals surface area contributed by atoms with Crippen molar-refractivity contribution in [3.8, 4) is 0 Å². The van der Waals surface area contributed by atoms with Gasteiger partial charge in [0.15, 0.2) is 0 Å². The molecular weight excluding hydrogens is 214 g/mol. The SMILES string of the molecule is CC(C)N(CCCc1ccccc1)CC(=O)O. The Balaban J connectivity index is 2.35. The normalized spacial score (nSPS) is 11.1. The highest BCUT2D eigenvalue weighted by Crippen LogP contribution is 2.05. The van der Waals surface area contributed by atoms with Crippen molar-refractivity contribution in [1.82, 2.24) is 4.90 Å². The summed E-state index contributed by atoms with van der Waals surface area (Å²) in [7, 11) is 0.